The topological polar surface area (TPSA) is 43.9 Å². The van der Waals surface area contributed by atoms with Crippen LogP contribution in [0.25, 0.3) is 0 Å². The van der Waals surface area contributed by atoms with Crippen molar-refractivity contribution in [3.8, 4) is 0 Å². The second-order valence-corrected chi connectivity index (χ2v) is 7.32. The van der Waals surface area contributed by atoms with Gasteiger partial charge >= 0.3 is 0 Å². The first-order chi connectivity index (χ1) is 11.4. The van der Waals surface area contributed by atoms with E-state index in [2.05, 4.69) is 36.9 Å². The minimum Gasteiger partial charge on any atom is -0.340 e. The maximum absolute atomic E-state index is 12.7. The summed E-state index contributed by atoms with van der Waals surface area (Å²) in [4.78, 5) is 30.6. The van der Waals surface area contributed by atoms with E-state index < -0.39 is 0 Å². The van der Waals surface area contributed by atoms with Crippen LogP contribution in [0.2, 0.25) is 0 Å². The first kappa shape index (κ1) is 17.0. The van der Waals surface area contributed by atoms with Gasteiger partial charge in [-0.3, -0.25) is 14.5 Å². The van der Waals surface area contributed by atoms with Crippen molar-refractivity contribution in [2.75, 3.05) is 33.7 Å². The van der Waals surface area contributed by atoms with Gasteiger partial charge in [-0.1, -0.05) is 18.2 Å². The average molecular weight is 329 g/mol. The predicted molar refractivity (Wildman–Crippen MR) is 93.5 cm³/mol. The highest BCUT2D eigenvalue weighted by atomic mass is 16.2. The smallest absolute Gasteiger partial charge is 0.242 e. The lowest BCUT2D eigenvalue weighted by atomic mass is 9.90. The molecule has 1 aromatic rings. The molecule has 2 aliphatic rings. The normalized spacial score (nSPS) is 25.7. The Morgan fingerprint density at radius 3 is 2.58 bits per heavy atom. The SMILES string of the molecule is Cc1ccc(CN2CC[C@@H]3[C@H](C2)C(=O)N(C)CC(=O)N3C)cc1C. The molecular weight excluding hydrogens is 302 g/mol. The molecule has 2 aliphatic heterocycles. The maximum Gasteiger partial charge on any atom is 0.242 e. The molecule has 2 saturated heterocycles. The van der Waals surface area contributed by atoms with Gasteiger partial charge in [-0.15, -0.1) is 0 Å². The van der Waals surface area contributed by atoms with E-state index in [4.69, 9.17) is 0 Å². The fourth-order valence-electron chi connectivity index (χ4n) is 3.88. The maximum atomic E-state index is 12.7. The first-order valence-electron chi connectivity index (χ1n) is 8.66. The second-order valence-electron chi connectivity index (χ2n) is 7.32. The molecule has 2 fully saturated rings. The zero-order valence-corrected chi connectivity index (χ0v) is 15.1. The molecule has 24 heavy (non-hydrogen) atoms. The number of piperidine rings is 1. The minimum atomic E-state index is -0.119. The van der Waals surface area contributed by atoms with Crippen LogP contribution >= 0.6 is 0 Å². The number of likely N-dealkylation sites (tertiary alicyclic amines) is 1. The molecule has 0 radical (unpaired) electrons. The quantitative estimate of drug-likeness (QED) is 0.824. The van der Waals surface area contributed by atoms with Crippen molar-refractivity contribution in [2.24, 2.45) is 5.92 Å². The van der Waals surface area contributed by atoms with E-state index >= 15 is 0 Å². The fraction of sp³-hybridized carbons (Fsp3) is 0.579. The Morgan fingerprint density at radius 2 is 1.88 bits per heavy atom. The zero-order valence-electron chi connectivity index (χ0n) is 15.1. The largest absolute Gasteiger partial charge is 0.340 e. The molecule has 0 aliphatic carbocycles. The van der Waals surface area contributed by atoms with Crippen molar-refractivity contribution in [1.29, 1.82) is 0 Å². The second kappa shape index (κ2) is 6.55. The van der Waals surface area contributed by atoms with Gasteiger partial charge in [0.2, 0.25) is 11.8 Å². The number of likely N-dealkylation sites (N-methyl/N-ethyl adjacent to an activating group) is 2. The molecule has 0 N–H and O–H groups in total. The molecule has 0 unspecified atom stereocenters. The van der Waals surface area contributed by atoms with Crippen LogP contribution in [0.15, 0.2) is 18.2 Å². The van der Waals surface area contributed by atoms with E-state index in [1.807, 2.05) is 7.05 Å². The van der Waals surface area contributed by atoms with Crippen molar-refractivity contribution in [3.05, 3.63) is 34.9 Å². The van der Waals surface area contributed by atoms with Gasteiger partial charge in [-0.05, 0) is 37.0 Å². The Bertz CT molecular complexity index is 658. The van der Waals surface area contributed by atoms with E-state index in [-0.39, 0.29) is 30.3 Å². The van der Waals surface area contributed by atoms with Gasteiger partial charge in [0, 0.05) is 39.8 Å². The Labute approximate surface area is 144 Å². The molecule has 130 valence electrons. The van der Waals surface area contributed by atoms with Crippen LogP contribution in [0.1, 0.15) is 23.1 Å². The highest BCUT2D eigenvalue weighted by Crippen LogP contribution is 2.27. The first-order valence-corrected chi connectivity index (χ1v) is 8.66. The predicted octanol–water partition coefficient (Wildman–Crippen LogP) is 1.42. The van der Waals surface area contributed by atoms with Crippen LogP contribution in [0.4, 0.5) is 0 Å². The standard InChI is InChI=1S/C19H27N3O2/c1-13-5-6-15(9-14(13)2)10-22-8-7-17-16(11-22)19(24)20(3)12-18(23)21(17)4/h5-6,9,16-17H,7-8,10-12H2,1-4H3/t16-,17+/m0/s1. The molecule has 3 rings (SSSR count). The zero-order chi connectivity index (χ0) is 17.4. The Kier molecular flexibility index (Phi) is 4.63. The van der Waals surface area contributed by atoms with Crippen LogP contribution in [0.5, 0.6) is 0 Å². The number of nitrogens with zero attached hydrogens (tertiary/aromatic N) is 3. The molecule has 2 atom stereocenters. The molecule has 0 spiro atoms. The van der Waals surface area contributed by atoms with Crippen molar-refractivity contribution in [3.63, 3.8) is 0 Å². The molecule has 2 amide bonds. The average Bonchev–Trinajstić information content (AvgIpc) is 2.63. The third-order valence-corrected chi connectivity index (χ3v) is 5.59. The summed E-state index contributed by atoms with van der Waals surface area (Å²) in [6.07, 6.45) is 0.858. The number of fused-ring (bicyclic) bond motifs is 1. The summed E-state index contributed by atoms with van der Waals surface area (Å²) < 4.78 is 0. The summed E-state index contributed by atoms with van der Waals surface area (Å²) in [5.41, 5.74) is 3.89. The van der Waals surface area contributed by atoms with E-state index in [0.29, 0.717) is 0 Å². The number of hydrogen-bond donors (Lipinski definition) is 0. The summed E-state index contributed by atoms with van der Waals surface area (Å²) in [6, 6.07) is 6.60. The number of benzene rings is 1. The number of hydrogen-bond acceptors (Lipinski definition) is 3. The lowest BCUT2D eigenvalue weighted by Gasteiger charge is -2.40. The van der Waals surface area contributed by atoms with Crippen LogP contribution in [-0.4, -0.2) is 66.3 Å². The number of aryl methyl sites for hydroxylation is 2. The van der Waals surface area contributed by atoms with E-state index in [0.717, 1.165) is 26.1 Å². The monoisotopic (exact) mass is 329 g/mol. The third kappa shape index (κ3) is 3.18. The lowest BCUT2D eigenvalue weighted by molar-refractivity contribution is -0.136. The van der Waals surface area contributed by atoms with E-state index in [1.54, 1.807) is 16.8 Å². The van der Waals surface area contributed by atoms with Crippen LogP contribution in [0.3, 0.4) is 0 Å². The number of rotatable bonds is 2. The van der Waals surface area contributed by atoms with Gasteiger partial charge in [0.15, 0.2) is 0 Å². The number of amides is 2. The Morgan fingerprint density at radius 1 is 1.12 bits per heavy atom. The molecule has 2 heterocycles. The van der Waals surface area contributed by atoms with Gasteiger partial charge < -0.3 is 9.80 Å². The molecule has 0 saturated carbocycles. The highest BCUT2D eigenvalue weighted by Gasteiger charge is 2.42. The number of carbonyl (C=O) groups is 2. The molecular formula is C19H27N3O2. The van der Waals surface area contributed by atoms with Gasteiger partial charge in [-0.25, -0.2) is 0 Å². The van der Waals surface area contributed by atoms with E-state index in [9.17, 15) is 9.59 Å². The van der Waals surface area contributed by atoms with Gasteiger partial charge in [0.05, 0.1) is 12.5 Å². The van der Waals surface area contributed by atoms with Crippen LogP contribution < -0.4 is 0 Å². The summed E-state index contributed by atoms with van der Waals surface area (Å²) >= 11 is 0. The third-order valence-electron chi connectivity index (χ3n) is 5.59. The molecule has 5 heteroatoms. The fourth-order valence-corrected chi connectivity index (χ4v) is 3.88. The molecule has 0 bridgehead atoms. The summed E-state index contributed by atoms with van der Waals surface area (Å²) in [5, 5.41) is 0. The minimum absolute atomic E-state index is 0.0333. The Balaban J connectivity index is 1.75. The molecule has 5 nitrogen and oxygen atoms in total. The highest BCUT2D eigenvalue weighted by molar-refractivity contribution is 5.89. The van der Waals surface area contributed by atoms with Gasteiger partial charge in [0.25, 0.3) is 0 Å². The van der Waals surface area contributed by atoms with Crippen LogP contribution in [0, 0.1) is 19.8 Å². The summed E-state index contributed by atoms with van der Waals surface area (Å²) in [7, 11) is 3.57. The van der Waals surface area contributed by atoms with E-state index in [1.165, 1.54) is 16.7 Å². The van der Waals surface area contributed by atoms with Gasteiger partial charge in [-0.2, -0.15) is 0 Å². The molecule has 1 aromatic carbocycles. The van der Waals surface area contributed by atoms with Gasteiger partial charge in [0.1, 0.15) is 0 Å². The Hall–Kier alpha value is -1.88. The summed E-state index contributed by atoms with van der Waals surface area (Å²) in [6.45, 7) is 6.95. The van der Waals surface area contributed by atoms with Crippen molar-refractivity contribution in [1.82, 2.24) is 14.7 Å². The van der Waals surface area contributed by atoms with Crippen molar-refractivity contribution >= 4 is 11.8 Å². The molecule has 0 aromatic heterocycles. The van der Waals surface area contributed by atoms with Crippen LogP contribution in [-0.2, 0) is 16.1 Å². The lowest BCUT2D eigenvalue weighted by Crippen LogP contribution is -2.52. The number of carbonyl (C=O) groups excluding carboxylic acids is 2. The summed E-state index contributed by atoms with van der Waals surface area (Å²) in [5.74, 6) is 0.0233. The van der Waals surface area contributed by atoms with Crippen molar-refractivity contribution in [2.45, 2.75) is 32.9 Å². The van der Waals surface area contributed by atoms with Crippen molar-refractivity contribution < 1.29 is 9.59 Å².